The van der Waals surface area contributed by atoms with Gasteiger partial charge in [0.25, 0.3) is 5.56 Å². The summed E-state index contributed by atoms with van der Waals surface area (Å²) in [5.41, 5.74) is 0.691. The van der Waals surface area contributed by atoms with E-state index in [1.807, 2.05) is 20.0 Å². The van der Waals surface area contributed by atoms with Gasteiger partial charge in [-0.25, -0.2) is 9.37 Å². The Morgan fingerprint density at radius 3 is 2.66 bits per heavy atom. The van der Waals surface area contributed by atoms with Crippen molar-refractivity contribution in [2.45, 2.75) is 37.6 Å². The molecule has 8 nitrogen and oxygen atoms in total. The van der Waals surface area contributed by atoms with Crippen LogP contribution in [0.1, 0.15) is 54.9 Å². The molecule has 2 aliphatic heterocycles. The lowest BCUT2D eigenvalue weighted by Gasteiger charge is -2.42. The molecule has 2 fully saturated rings. The SMILES string of the molecule is COc1ccc(C2CN(C(C)c3nn(C)c(C4CCOCC4)nccc(=O)[nH]3)C2)cc1F. The van der Waals surface area contributed by atoms with Gasteiger partial charge in [-0.05, 0) is 37.5 Å². The highest BCUT2D eigenvalue weighted by molar-refractivity contribution is 5.32. The highest BCUT2D eigenvalue weighted by atomic mass is 19.1. The molecule has 1 aromatic heterocycles. The molecule has 1 atom stereocenters. The van der Waals surface area contributed by atoms with Crippen molar-refractivity contribution in [1.29, 1.82) is 0 Å². The van der Waals surface area contributed by atoms with Crippen LogP contribution in [-0.2, 0) is 11.8 Å². The van der Waals surface area contributed by atoms with Crippen molar-refractivity contribution in [2.24, 2.45) is 7.05 Å². The van der Waals surface area contributed by atoms with Crippen LogP contribution in [0.4, 0.5) is 4.39 Å². The minimum Gasteiger partial charge on any atom is -0.494 e. The molecular weight excluding hydrogens is 413 g/mol. The average Bonchev–Trinajstić information content (AvgIpc) is 2.82. The minimum absolute atomic E-state index is 0.108. The number of hydrogen-bond donors (Lipinski definition) is 1. The molecule has 2 aromatic rings. The first-order chi connectivity index (χ1) is 15.5. The summed E-state index contributed by atoms with van der Waals surface area (Å²) in [6.07, 6.45) is 3.30. The van der Waals surface area contributed by atoms with Crippen LogP contribution in [0.3, 0.4) is 0 Å². The predicted octanol–water partition coefficient (Wildman–Crippen LogP) is 2.83. The van der Waals surface area contributed by atoms with Gasteiger partial charge >= 0.3 is 0 Å². The number of rotatable bonds is 5. The van der Waals surface area contributed by atoms with Gasteiger partial charge in [-0.2, -0.15) is 5.10 Å². The molecule has 1 unspecified atom stereocenters. The first-order valence-electron chi connectivity index (χ1n) is 11.0. The number of halogens is 1. The third-order valence-electron chi connectivity index (χ3n) is 6.36. The highest BCUT2D eigenvalue weighted by Gasteiger charge is 2.33. The molecule has 2 aliphatic rings. The van der Waals surface area contributed by atoms with Crippen LogP contribution in [0, 0.1) is 5.82 Å². The lowest BCUT2D eigenvalue weighted by molar-refractivity contribution is 0.0820. The van der Waals surface area contributed by atoms with Crippen LogP contribution < -0.4 is 10.3 Å². The van der Waals surface area contributed by atoms with E-state index in [1.54, 1.807) is 16.8 Å². The molecule has 0 bridgehead atoms. The number of aromatic nitrogens is 4. The maximum absolute atomic E-state index is 14.1. The quantitative estimate of drug-likeness (QED) is 0.765. The van der Waals surface area contributed by atoms with Crippen molar-refractivity contribution in [1.82, 2.24) is 24.6 Å². The molecule has 2 saturated heterocycles. The topological polar surface area (TPSA) is 85.3 Å². The van der Waals surface area contributed by atoms with Crippen LogP contribution in [0.25, 0.3) is 0 Å². The van der Waals surface area contributed by atoms with Crippen LogP contribution in [-0.4, -0.2) is 58.1 Å². The Morgan fingerprint density at radius 1 is 1.22 bits per heavy atom. The fourth-order valence-electron chi connectivity index (χ4n) is 4.33. The Hall–Kier alpha value is -2.78. The zero-order valence-electron chi connectivity index (χ0n) is 18.8. The summed E-state index contributed by atoms with van der Waals surface area (Å²) >= 11 is 0. The number of hydrogen-bond acceptors (Lipinski definition) is 6. The monoisotopic (exact) mass is 443 g/mol. The first-order valence-corrected chi connectivity index (χ1v) is 11.0. The number of aromatic amines is 1. The fraction of sp³-hybridized carbons (Fsp3) is 0.522. The van der Waals surface area contributed by atoms with E-state index in [1.165, 1.54) is 19.4 Å². The second kappa shape index (κ2) is 9.79. The second-order valence-electron chi connectivity index (χ2n) is 8.41. The number of ether oxygens (including phenoxy) is 2. The van der Waals surface area contributed by atoms with E-state index in [4.69, 9.17) is 14.6 Å². The van der Waals surface area contributed by atoms with Gasteiger partial charge in [-0.3, -0.25) is 14.4 Å². The van der Waals surface area contributed by atoms with Crippen LogP contribution in [0.15, 0.2) is 35.3 Å². The molecule has 0 saturated carbocycles. The van der Waals surface area contributed by atoms with Crippen molar-refractivity contribution in [3.05, 3.63) is 63.8 Å². The minimum atomic E-state index is -0.349. The van der Waals surface area contributed by atoms with Gasteiger partial charge in [-0.15, -0.1) is 0 Å². The standard InChI is InChI=1S/C23H30FN5O3/c1-15(29-13-18(14-29)17-4-5-20(31-3)19(24)12-17)22-26-21(30)6-9-25-23(28(2)27-22)16-7-10-32-11-8-16/h4-6,9,12,15-16,18H,7-8,10-11,13-14H2,1-3H3,(H,26,27,30). The molecule has 172 valence electrons. The summed E-state index contributed by atoms with van der Waals surface area (Å²) in [4.78, 5) is 22.0. The summed E-state index contributed by atoms with van der Waals surface area (Å²) in [5, 5.41) is 4.73. The number of likely N-dealkylation sites (tertiary alicyclic amines) is 1. The smallest absolute Gasteiger partial charge is 0.250 e. The van der Waals surface area contributed by atoms with E-state index < -0.39 is 0 Å². The number of aryl methyl sites for hydroxylation is 1. The third-order valence-corrected chi connectivity index (χ3v) is 6.36. The van der Waals surface area contributed by atoms with Crippen molar-refractivity contribution >= 4 is 0 Å². The fourth-order valence-corrected chi connectivity index (χ4v) is 4.33. The van der Waals surface area contributed by atoms with E-state index >= 15 is 0 Å². The molecule has 0 spiro atoms. The Bertz CT molecular complexity index is 1060. The Labute approximate surface area is 186 Å². The number of nitrogens with zero attached hydrogens (tertiary/aromatic N) is 4. The summed E-state index contributed by atoms with van der Waals surface area (Å²) in [6.45, 7) is 4.92. The van der Waals surface area contributed by atoms with Crippen LogP contribution >= 0.6 is 0 Å². The van der Waals surface area contributed by atoms with Crippen LogP contribution in [0.5, 0.6) is 5.75 Å². The summed E-state index contributed by atoms with van der Waals surface area (Å²) in [5.74, 6) is 1.77. The number of nitrogens with one attached hydrogen (secondary N) is 1. The van der Waals surface area contributed by atoms with E-state index in [0.29, 0.717) is 19.0 Å². The summed E-state index contributed by atoms with van der Waals surface area (Å²) in [7, 11) is 3.33. The number of methoxy groups -OCH3 is 1. The Kier molecular flexibility index (Phi) is 6.86. The van der Waals surface area contributed by atoms with E-state index in [-0.39, 0.29) is 35.0 Å². The summed E-state index contributed by atoms with van der Waals surface area (Å²) < 4.78 is 26.3. The van der Waals surface area contributed by atoms with Gasteiger partial charge in [0.2, 0.25) is 0 Å². The molecule has 4 rings (SSSR count). The van der Waals surface area contributed by atoms with E-state index in [0.717, 1.165) is 37.3 Å². The molecule has 1 aromatic carbocycles. The molecule has 1 N–H and O–H groups in total. The van der Waals surface area contributed by atoms with Gasteiger partial charge in [0, 0.05) is 57.4 Å². The third kappa shape index (κ3) is 4.83. The zero-order chi connectivity index (χ0) is 22.7. The van der Waals surface area contributed by atoms with Crippen LogP contribution in [0.2, 0.25) is 0 Å². The lowest BCUT2D eigenvalue weighted by atomic mass is 9.90. The Morgan fingerprint density at radius 2 is 1.97 bits per heavy atom. The predicted molar refractivity (Wildman–Crippen MR) is 118 cm³/mol. The number of benzene rings is 1. The average molecular weight is 444 g/mol. The molecule has 32 heavy (non-hydrogen) atoms. The van der Waals surface area contributed by atoms with Gasteiger partial charge < -0.3 is 14.5 Å². The van der Waals surface area contributed by atoms with Gasteiger partial charge in [0.1, 0.15) is 11.6 Å². The van der Waals surface area contributed by atoms with Crippen molar-refractivity contribution in [3.63, 3.8) is 0 Å². The van der Waals surface area contributed by atoms with Crippen molar-refractivity contribution in [3.8, 4) is 5.75 Å². The molecular formula is C23H30FN5O3. The normalized spacial score (nSPS) is 18.6. The Balaban J connectivity index is 1.55. The molecule has 0 aliphatic carbocycles. The van der Waals surface area contributed by atoms with E-state index in [9.17, 15) is 9.18 Å². The molecule has 0 radical (unpaired) electrons. The van der Waals surface area contributed by atoms with E-state index in [2.05, 4.69) is 14.9 Å². The van der Waals surface area contributed by atoms with Gasteiger partial charge in [-0.1, -0.05) is 6.07 Å². The zero-order valence-corrected chi connectivity index (χ0v) is 18.8. The molecule has 9 heteroatoms. The maximum Gasteiger partial charge on any atom is 0.250 e. The molecule has 3 heterocycles. The highest BCUT2D eigenvalue weighted by Crippen LogP contribution is 2.34. The molecule has 0 amide bonds. The largest absolute Gasteiger partial charge is 0.494 e. The van der Waals surface area contributed by atoms with Crippen molar-refractivity contribution in [2.75, 3.05) is 33.4 Å². The van der Waals surface area contributed by atoms with Crippen molar-refractivity contribution < 1.29 is 13.9 Å². The number of H-pyrrole nitrogens is 1. The first kappa shape index (κ1) is 22.4. The lowest BCUT2D eigenvalue weighted by Crippen LogP contribution is -2.46. The van der Waals surface area contributed by atoms with Gasteiger partial charge in [0.05, 0.1) is 13.2 Å². The second-order valence-corrected chi connectivity index (χ2v) is 8.41. The summed E-state index contributed by atoms with van der Waals surface area (Å²) in [6, 6.07) is 6.43. The van der Waals surface area contributed by atoms with Gasteiger partial charge in [0.15, 0.2) is 11.6 Å². The maximum atomic E-state index is 14.1.